The summed E-state index contributed by atoms with van der Waals surface area (Å²) in [6.45, 7) is 0. The summed E-state index contributed by atoms with van der Waals surface area (Å²) in [5.41, 5.74) is 0. The summed E-state index contributed by atoms with van der Waals surface area (Å²) in [6.07, 6.45) is 0. The predicted octanol–water partition coefficient (Wildman–Crippen LogP) is -11.0. The smallest absolute Gasteiger partial charge is 0.759 e. The molecule has 0 bridgehead atoms. The summed E-state index contributed by atoms with van der Waals surface area (Å²) < 4.78 is 58.2. The van der Waals surface area contributed by atoms with Crippen molar-refractivity contribution in [3.63, 3.8) is 0 Å². The predicted molar refractivity (Wildman–Crippen MR) is 27.3 cm³/mol. The van der Waals surface area contributed by atoms with Crippen LogP contribution in [0.25, 0.3) is 0 Å². The zero-order valence-electron chi connectivity index (χ0n) is 7.61. The molecule has 1 atom stereocenters. The van der Waals surface area contributed by atoms with Gasteiger partial charge in [-0.05, 0) is 0 Å². The Bertz CT molecular complexity index is 163. The van der Waals surface area contributed by atoms with Crippen molar-refractivity contribution >= 4 is 21.8 Å². The van der Waals surface area contributed by atoms with E-state index in [0.29, 0.717) is 0 Å². The maximum Gasteiger partial charge on any atom is 1.00 e. The van der Waals surface area contributed by atoms with E-state index in [1.54, 1.807) is 0 Å². The summed E-state index contributed by atoms with van der Waals surface area (Å²) in [6, 6.07) is 0. The van der Waals surface area contributed by atoms with E-state index < -0.39 is 21.8 Å². The normalized spacial score (nSPS) is 9.00. The van der Waals surface area contributed by atoms with Crippen LogP contribution in [0.1, 0.15) is 0 Å². The van der Waals surface area contributed by atoms with Gasteiger partial charge in [-0.3, -0.25) is 18.9 Å². The molecule has 3 N–H and O–H groups in total. The van der Waals surface area contributed by atoms with Crippen molar-refractivity contribution in [2.45, 2.75) is 0 Å². The molecular formula is H3KNa2O9S2. The molecule has 0 aliphatic rings. The fourth-order valence-corrected chi connectivity index (χ4v) is 0. The minimum Gasteiger partial charge on any atom is -0.759 e. The van der Waals surface area contributed by atoms with Gasteiger partial charge in [-0.1, -0.05) is 0 Å². The Labute approximate surface area is 170 Å². The SMILES string of the molecule is O=S(=O)([O-])[O-].O=S([O-])O.OO.[K+].[Na+].[Na+]. The Morgan fingerprint density at radius 2 is 1.07 bits per heavy atom. The molecule has 0 aliphatic heterocycles. The van der Waals surface area contributed by atoms with Crippen LogP contribution >= 0.6 is 0 Å². The van der Waals surface area contributed by atoms with E-state index >= 15 is 0 Å². The molecule has 0 heterocycles. The average molecular weight is 296 g/mol. The number of rotatable bonds is 0. The summed E-state index contributed by atoms with van der Waals surface area (Å²) in [5, 5.41) is 12.0. The number of hydrogen-bond acceptors (Lipinski definition) is 8. The van der Waals surface area contributed by atoms with E-state index in [1.807, 2.05) is 0 Å². The van der Waals surface area contributed by atoms with Crippen molar-refractivity contribution in [3.8, 4) is 0 Å². The van der Waals surface area contributed by atoms with Gasteiger partial charge in [0.15, 0.2) is 0 Å². The van der Waals surface area contributed by atoms with Gasteiger partial charge in [-0.15, -0.1) is 0 Å². The van der Waals surface area contributed by atoms with Gasteiger partial charge in [0.1, 0.15) is 0 Å². The standard InChI is InChI=1S/K.2Na.H2O4S.H2O3S.H2O2/c;;;1-5(2,3)4;1-4(2)3;1-2/h;;;(H2,1,2,3,4);(H2,1,2,3);1-2H/q3*+1;;;/p-3. The average Bonchev–Trinajstić information content (AvgIpc) is 1.63. The van der Waals surface area contributed by atoms with Gasteiger partial charge in [0.25, 0.3) is 0 Å². The summed E-state index contributed by atoms with van der Waals surface area (Å²) in [5.74, 6) is 0. The third kappa shape index (κ3) is 266. The molecule has 0 fully saturated rings. The monoisotopic (exact) mass is 296 g/mol. The van der Waals surface area contributed by atoms with Crippen LogP contribution in [0.3, 0.4) is 0 Å². The summed E-state index contributed by atoms with van der Waals surface area (Å²) in [4.78, 5) is 0. The molecule has 1 unspecified atom stereocenters. The molecule has 0 spiro atoms. The Morgan fingerprint density at radius 1 is 1.07 bits per heavy atom. The fraction of sp³-hybridized carbons (Fsp3) is 0. The van der Waals surface area contributed by atoms with Crippen molar-refractivity contribution in [1.82, 2.24) is 0 Å². The van der Waals surface area contributed by atoms with Gasteiger partial charge in [0.2, 0.25) is 0 Å². The molecule has 0 radical (unpaired) electrons. The molecular weight excluding hydrogens is 293 g/mol. The Morgan fingerprint density at radius 3 is 1.07 bits per heavy atom. The van der Waals surface area contributed by atoms with Crippen LogP contribution in [0.4, 0.5) is 0 Å². The second-order valence-corrected chi connectivity index (χ2v) is 1.88. The molecule has 14 heteroatoms. The number of hydrogen-bond donors (Lipinski definition) is 3. The summed E-state index contributed by atoms with van der Waals surface area (Å²) >= 11 is -2.86. The van der Waals surface area contributed by atoms with Gasteiger partial charge >= 0.3 is 110 Å². The summed E-state index contributed by atoms with van der Waals surface area (Å²) in [7, 11) is -5.17. The van der Waals surface area contributed by atoms with E-state index in [4.69, 9.17) is 41.4 Å². The molecule has 0 aliphatic carbocycles. The maximum atomic E-state index is 8.56. The van der Waals surface area contributed by atoms with Gasteiger partial charge in [0, 0.05) is 10.4 Å². The van der Waals surface area contributed by atoms with Crippen LogP contribution in [0.2, 0.25) is 0 Å². The molecule has 14 heavy (non-hydrogen) atoms. The first-order valence-corrected chi connectivity index (χ1v) is 3.75. The molecule has 0 aromatic carbocycles. The minimum atomic E-state index is -5.17. The third-order valence-corrected chi connectivity index (χ3v) is 0. The first kappa shape index (κ1) is 36.0. The van der Waals surface area contributed by atoms with Crippen molar-refractivity contribution in [3.05, 3.63) is 0 Å². The molecule has 0 aromatic rings. The first-order chi connectivity index (χ1) is 4.73. The van der Waals surface area contributed by atoms with Crippen molar-refractivity contribution in [1.29, 1.82) is 0 Å². The van der Waals surface area contributed by atoms with Crippen molar-refractivity contribution in [2.24, 2.45) is 0 Å². The van der Waals surface area contributed by atoms with Gasteiger partial charge in [0.05, 0.1) is 11.4 Å². The molecule has 0 aromatic heterocycles. The first-order valence-electron chi connectivity index (χ1n) is 1.38. The maximum absolute atomic E-state index is 8.56. The minimum absolute atomic E-state index is 0. The zero-order valence-corrected chi connectivity index (χ0v) is 16.4. The second-order valence-electron chi connectivity index (χ2n) is 0.625. The molecule has 0 amide bonds. The molecule has 0 saturated heterocycles. The van der Waals surface area contributed by atoms with Crippen LogP contribution in [0, 0.1) is 0 Å². The van der Waals surface area contributed by atoms with Gasteiger partial charge in [-0.25, -0.2) is 4.21 Å². The Kier molecular flexibility index (Phi) is 65.3. The topological polar surface area (TPSA) is 181 Å². The van der Waals surface area contributed by atoms with E-state index in [0.717, 1.165) is 0 Å². The van der Waals surface area contributed by atoms with Crippen molar-refractivity contribution < 1.29 is 152 Å². The zero-order chi connectivity index (χ0) is 10.1. The Hall–Kier alpha value is 3.50. The van der Waals surface area contributed by atoms with Crippen LogP contribution in [0.5, 0.6) is 0 Å². The second kappa shape index (κ2) is 25.4. The molecule has 72 valence electrons. The van der Waals surface area contributed by atoms with E-state index in [9.17, 15) is 0 Å². The van der Waals surface area contributed by atoms with E-state index in [1.165, 1.54) is 0 Å². The van der Waals surface area contributed by atoms with E-state index in [-0.39, 0.29) is 110 Å². The van der Waals surface area contributed by atoms with Crippen LogP contribution in [0.15, 0.2) is 0 Å². The van der Waals surface area contributed by atoms with Crippen LogP contribution in [-0.4, -0.2) is 41.4 Å². The third-order valence-electron chi connectivity index (χ3n) is 0. The van der Waals surface area contributed by atoms with Crippen molar-refractivity contribution in [2.75, 3.05) is 0 Å². The van der Waals surface area contributed by atoms with Gasteiger partial charge < -0.3 is 18.2 Å². The Balaban J connectivity index is -0.0000000166. The fourth-order valence-electron chi connectivity index (χ4n) is 0. The van der Waals surface area contributed by atoms with E-state index in [2.05, 4.69) is 0 Å². The molecule has 9 nitrogen and oxygen atoms in total. The molecule has 0 rings (SSSR count). The van der Waals surface area contributed by atoms with Crippen LogP contribution < -0.4 is 110 Å². The van der Waals surface area contributed by atoms with Crippen LogP contribution in [-0.2, 0) is 21.8 Å². The molecule has 0 saturated carbocycles. The largest absolute Gasteiger partial charge is 1.00 e. The van der Waals surface area contributed by atoms with Gasteiger partial charge in [-0.2, -0.15) is 0 Å². The quantitative estimate of drug-likeness (QED) is 0.0975.